The van der Waals surface area contributed by atoms with Crippen molar-refractivity contribution < 1.29 is 9.59 Å². The highest BCUT2D eigenvalue weighted by molar-refractivity contribution is 6.07. The Bertz CT molecular complexity index is 953. The van der Waals surface area contributed by atoms with Crippen molar-refractivity contribution in [2.75, 3.05) is 0 Å². The van der Waals surface area contributed by atoms with E-state index in [1.807, 2.05) is 54.6 Å². The molecule has 1 unspecified atom stereocenters. The van der Waals surface area contributed by atoms with Crippen LogP contribution in [-0.4, -0.2) is 22.5 Å². The van der Waals surface area contributed by atoms with Crippen LogP contribution in [-0.2, 0) is 28.1 Å². The van der Waals surface area contributed by atoms with E-state index in [1.54, 1.807) is 4.90 Å². The molecule has 2 aromatic rings. The third-order valence-corrected chi connectivity index (χ3v) is 6.44. The van der Waals surface area contributed by atoms with Crippen molar-refractivity contribution in [2.45, 2.75) is 83.7 Å². The highest BCUT2D eigenvalue weighted by Crippen LogP contribution is 2.38. The number of nitrogens with two attached hydrogens (primary N) is 1. The van der Waals surface area contributed by atoms with E-state index in [2.05, 4.69) is 13.8 Å². The molecule has 5 nitrogen and oxygen atoms in total. The Balaban J connectivity index is 1.65. The molecule has 1 amide bonds. The zero-order valence-corrected chi connectivity index (χ0v) is 20.1. The molecule has 0 aromatic heterocycles. The van der Waals surface area contributed by atoms with E-state index in [9.17, 15) is 9.59 Å². The molecule has 2 N–H and O–H groups in total. The van der Waals surface area contributed by atoms with Gasteiger partial charge >= 0.3 is 0 Å². The molecule has 0 radical (unpaired) electrons. The fourth-order valence-corrected chi connectivity index (χ4v) is 4.40. The number of Topliss-reactive ketones (excluding diaryl/α,β-unsaturated/α-hetero) is 1. The molecule has 1 aliphatic heterocycles. The van der Waals surface area contributed by atoms with E-state index < -0.39 is 5.54 Å². The van der Waals surface area contributed by atoms with Gasteiger partial charge in [-0.3, -0.25) is 14.5 Å². The summed E-state index contributed by atoms with van der Waals surface area (Å²) >= 11 is 0. The second kappa shape index (κ2) is 11.8. The first-order valence-corrected chi connectivity index (χ1v) is 12.3. The summed E-state index contributed by atoms with van der Waals surface area (Å²) in [4.78, 5) is 32.0. The number of hydrogen-bond donors (Lipinski definition) is 1. The highest BCUT2D eigenvalue weighted by atomic mass is 16.2. The normalized spacial score (nSPS) is 17.9. The molecule has 1 heterocycles. The van der Waals surface area contributed by atoms with Crippen LogP contribution in [0.2, 0.25) is 0 Å². The minimum atomic E-state index is -0.931. The molecule has 5 heteroatoms. The zero-order valence-electron chi connectivity index (χ0n) is 20.1. The Morgan fingerprint density at radius 3 is 2.24 bits per heavy atom. The van der Waals surface area contributed by atoms with Crippen LogP contribution in [0.5, 0.6) is 0 Å². The van der Waals surface area contributed by atoms with Crippen LogP contribution in [0.15, 0.2) is 59.6 Å². The van der Waals surface area contributed by atoms with Crippen LogP contribution in [0.3, 0.4) is 0 Å². The summed E-state index contributed by atoms with van der Waals surface area (Å²) < 4.78 is 0. The number of rotatable bonds is 13. The predicted molar refractivity (Wildman–Crippen MR) is 134 cm³/mol. The topological polar surface area (TPSA) is 75.8 Å². The quantitative estimate of drug-likeness (QED) is 0.411. The summed E-state index contributed by atoms with van der Waals surface area (Å²) in [5.74, 6) is 0.562. The Kier molecular flexibility index (Phi) is 8.81. The highest BCUT2D eigenvalue weighted by Gasteiger charge is 2.48. The van der Waals surface area contributed by atoms with Crippen molar-refractivity contribution in [3.63, 3.8) is 0 Å². The average molecular weight is 448 g/mol. The second-order valence-electron chi connectivity index (χ2n) is 9.00. The molecule has 0 saturated carbocycles. The number of hydrogen-bond acceptors (Lipinski definition) is 4. The number of guanidine groups is 1. The predicted octanol–water partition coefficient (Wildman–Crippen LogP) is 5.51. The lowest BCUT2D eigenvalue weighted by atomic mass is 9.85. The van der Waals surface area contributed by atoms with E-state index in [0.717, 1.165) is 55.2 Å². The van der Waals surface area contributed by atoms with Crippen LogP contribution in [0.1, 0.15) is 81.9 Å². The maximum Gasteiger partial charge on any atom is 0.262 e. The molecule has 0 aliphatic carbocycles. The summed E-state index contributed by atoms with van der Waals surface area (Å²) in [5, 5.41) is 0. The van der Waals surface area contributed by atoms with Gasteiger partial charge in [0.15, 0.2) is 11.5 Å². The Morgan fingerprint density at radius 1 is 0.909 bits per heavy atom. The van der Waals surface area contributed by atoms with Gasteiger partial charge in [-0.15, -0.1) is 0 Å². The minimum absolute atomic E-state index is 0.0543. The van der Waals surface area contributed by atoms with Crippen LogP contribution < -0.4 is 5.73 Å². The molecule has 0 spiro atoms. The third kappa shape index (κ3) is 6.10. The summed E-state index contributed by atoms with van der Waals surface area (Å²) in [6, 6.07) is 17.9. The smallest absolute Gasteiger partial charge is 0.262 e. The zero-order chi connectivity index (χ0) is 23.7. The lowest BCUT2D eigenvalue weighted by molar-refractivity contribution is -0.132. The molecule has 3 rings (SSSR count). The molecule has 0 bridgehead atoms. The fraction of sp³-hybridized carbons (Fsp3) is 0.464. The van der Waals surface area contributed by atoms with Gasteiger partial charge in [0, 0.05) is 12.8 Å². The summed E-state index contributed by atoms with van der Waals surface area (Å²) in [6.45, 7) is 4.66. The number of aryl methyl sites for hydroxylation is 1. The first-order valence-electron chi connectivity index (χ1n) is 12.3. The van der Waals surface area contributed by atoms with Crippen molar-refractivity contribution in [3.05, 3.63) is 71.3 Å². The van der Waals surface area contributed by atoms with E-state index in [4.69, 9.17) is 10.7 Å². The monoisotopic (exact) mass is 447 g/mol. The van der Waals surface area contributed by atoms with Gasteiger partial charge in [-0.2, -0.15) is 0 Å². The SMILES string of the molecule is CCCCCC(=O)CCc1ccc(CN2C(=O)C(CCCC)(c3ccccc3)N=C2N)cc1. The van der Waals surface area contributed by atoms with Gasteiger partial charge in [0.25, 0.3) is 5.91 Å². The third-order valence-electron chi connectivity index (χ3n) is 6.44. The fourth-order valence-electron chi connectivity index (χ4n) is 4.40. The number of amides is 1. The molecular weight excluding hydrogens is 410 g/mol. The first-order chi connectivity index (χ1) is 16.0. The molecule has 176 valence electrons. The van der Waals surface area contributed by atoms with Crippen LogP contribution in [0.25, 0.3) is 0 Å². The number of nitrogens with zero attached hydrogens (tertiary/aromatic N) is 2. The largest absolute Gasteiger partial charge is 0.369 e. The number of carbonyl (C=O) groups excluding carboxylic acids is 2. The molecule has 1 atom stereocenters. The van der Waals surface area contributed by atoms with Crippen molar-refractivity contribution in [1.29, 1.82) is 0 Å². The van der Waals surface area contributed by atoms with Gasteiger partial charge in [0.2, 0.25) is 0 Å². The number of ketones is 1. The van der Waals surface area contributed by atoms with Crippen LogP contribution in [0.4, 0.5) is 0 Å². The molecular formula is C28H37N3O2. The standard InChI is InChI=1S/C28H37N3O2/c1-3-5-8-13-25(32)19-18-22-14-16-23(17-15-22)21-31-26(33)28(20-6-4-2,30-27(31)29)24-11-9-7-10-12-24/h7,9-12,14-17H,3-6,8,13,18-21H2,1-2H3,(H2,29,30). The average Bonchev–Trinajstić information content (AvgIpc) is 3.08. The summed E-state index contributed by atoms with van der Waals surface area (Å²) in [7, 11) is 0. The molecule has 0 fully saturated rings. The Morgan fingerprint density at radius 2 is 1.58 bits per heavy atom. The van der Waals surface area contributed by atoms with E-state index in [0.29, 0.717) is 31.6 Å². The Hall–Kier alpha value is -2.95. The molecule has 1 aliphatic rings. The number of benzene rings is 2. The van der Waals surface area contributed by atoms with Gasteiger partial charge < -0.3 is 5.73 Å². The first kappa shape index (κ1) is 24.7. The van der Waals surface area contributed by atoms with Crippen molar-refractivity contribution >= 4 is 17.6 Å². The van der Waals surface area contributed by atoms with Crippen molar-refractivity contribution in [3.8, 4) is 0 Å². The number of aliphatic imine (C=N–C) groups is 1. The summed E-state index contributed by atoms with van der Waals surface area (Å²) in [5.41, 5.74) is 8.38. The van der Waals surface area contributed by atoms with Crippen molar-refractivity contribution in [1.82, 2.24) is 4.90 Å². The maximum atomic E-state index is 13.6. The van der Waals surface area contributed by atoms with Gasteiger partial charge in [-0.25, -0.2) is 4.99 Å². The van der Waals surface area contributed by atoms with E-state index >= 15 is 0 Å². The van der Waals surface area contributed by atoms with Gasteiger partial charge in [0.1, 0.15) is 5.78 Å². The van der Waals surface area contributed by atoms with Gasteiger partial charge in [0.05, 0.1) is 6.54 Å². The molecule has 2 aromatic carbocycles. The van der Waals surface area contributed by atoms with E-state index in [1.165, 1.54) is 0 Å². The number of carbonyl (C=O) groups is 2. The summed E-state index contributed by atoms with van der Waals surface area (Å²) in [6.07, 6.45) is 7.80. The van der Waals surface area contributed by atoms with Crippen LogP contribution in [0, 0.1) is 0 Å². The lowest BCUT2D eigenvalue weighted by Gasteiger charge is -2.26. The van der Waals surface area contributed by atoms with Gasteiger partial charge in [-0.1, -0.05) is 94.1 Å². The van der Waals surface area contributed by atoms with Crippen molar-refractivity contribution in [2.24, 2.45) is 10.7 Å². The Labute approximate surface area is 198 Å². The van der Waals surface area contributed by atoms with Gasteiger partial charge in [-0.05, 0) is 36.0 Å². The van der Waals surface area contributed by atoms with E-state index in [-0.39, 0.29) is 11.9 Å². The molecule has 0 saturated heterocycles. The number of unbranched alkanes of at least 4 members (excludes halogenated alkanes) is 3. The van der Waals surface area contributed by atoms with Crippen LogP contribution >= 0.6 is 0 Å². The lowest BCUT2D eigenvalue weighted by Crippen LogP contribution is -2.42. The minimum Gasteiger partial charge on any atom is -0.369 e. The second-order valence-corrected chi connectivity index (χ2v) is 9.00. The maximum absolute atomic E-state index is 13.6. The molecule has 33 heavy (non-hydrogen) atoms.